The number of nitrogens with zero attached hydrogens (tertiary/aromatic N) is 3. The van der Waals surface area contributed by atoms with Crippen LogP contribution in [0.15, 0.2) is 36.5 Å². The van der Waals surface area contributed by atoms with Crippen molar-refractivity contribution < 1.29 is 9.59 Å². The van der Waals surface area contributed by atoms with Crippen LogP contribution >= 0.6 is 11.6 Å². The zero-order valence-corrected chi connectivity index (χ0v) is 14.0. The van der Waals surface area contributed by atoms with Crippen molar-refractivity contribution in [3.63, 3.8) is 0 Å². The van der Waals surface area contributed by atoms with Crippen molar-refractivity contribution in [2.45, 2.75) is 6.04 Å². The molecule has 0 saturated carbocycles. The lowest BCUT2D eigenvalue weighted by Gasteiger charge is -2.29. The Morgan fingerprint density at radius 3 is 2.71 bits per heavy atom. The number of hydrogen-bond donors (Lipinski definition) is 2. The molecule has 126 valence electrons. The molecule has 3 rings (SSSR count). The summed E-state index contributed by atoms with van der Waals surface area (Å²) in [6.07, 6.45) is 1.82. The van der Waals surface area contributed by atoms with Gasteiger partial charge in [0.1, 0.15) is 12.6 Å². The van der Waals surface area contributed by atoms with Gasteiger partial charge in [-0.1, -0.05) is 23.7 Å². The smallest absolute Gasteiger partial charge is 0.318 e. The molecule has 1 aliphatic heterocycles. The number of aryl methyl sites for hydroxylation is 1. The topological polar surface area (TPSA) is 79.3 Å². The number of amides is 3. The molecule has 2 heterocycles. The Morgan fingerprint density at radius 1 is 1.33 bits per heavy atom. The van der Waals surface area contributed by atoms with Gasteiger partial charge in [0.05, 0.1) is 5.69 Å². The van der Waals surface area contributed by atoms with E-state index in [1.807, 2.05) is 31.4 Å². The first-order valence-corrected chi connectivity index (χ1v) is 7.98. The van der Waals surface area contributed by atoms with E-state index in [0.717, 1.165) is 11.3 Å². The maximum atomic E-state index is 12.5. The molecule has 1 aliphatic rings. The summed E-state index contributed by atoms with van der Waals surface area (Å²) in [5.41, 5.74) is 1.59. The van der Waals surface area contributed by atoms with E-state index >= 15 is 0 Å². The van der Waals surface area contributed by atoms with Crippen molar-refractivity contribution in [3.05, 3.63) is 52.8 Å². The number of carbonyl (C=O) groups excluding carboxylic acids is 2. The van der Waals surface area contributed by atoms with Gasteiger partial charge in [-0.3, -0.25) is 9.48 Å². The molecule has 0 bridgehead atoms. The number of nitrogens with one attached hydrogen (secondary N) is 2. The maximum Gasteiger partial charge on any atom is 0.318 e. The number of aromatic nitrogens is 2. The van der Waals surface area contributed by atoms with Gasteiger partial charge in [-0.05, 0) is 23.8 Å². The van der Waals surface area contributed by atoms with E-state index in [2.05, 4.69) is 15.7 Å². The molecule has 3 amide bonds. The van der Waals surface area contributed by atoms with Crippen LogP contribution in [0.5, 0.6) is 0 Å². The van der Waals surface area contributed by atoms with Gasteiger partial charge in [0, 0.05) is 31.4 Å². The SMILES string of the molecule is Cn1ccc(C(NC(=O)N2CCNC(=O)C2)c2ccc(Cl)cc2)n1. The van der Waals surface area contributed by atoms with E-state index in [-0.39, 0.29) is 18.5 Å². The number of halogens is 1. The van der Waals surface area contributed by atoms with Crippen LogP contribution in [0.25, 0.3) is 0 Å². The van der Waals surface area contributed by atoms with Crippen molar-refractivity contribution in [1.82, 2.24) is 25.3 Å². The van der Waals surface area contributed by atoms with Crippen LogP contribution in [0.2, 0.25) is 5.02 Å². The normalized spacial score (nSPS) is 15.8. The summed E-state index contributed by atoms with van der Waals surface area (Å²) < 4.78 is 1.68. The first-order valence-electron chi connectivity index (χ1n) is 7.60. The molecule has 0 radical (unpaired) electrons. The quantitative estimate of drug-likeness (QED) is 0.878. The molecule has 1 fully saturated rings. The average molecular weight is 348 g/mol. The molecule has 7 nitrogen and oxygen atoms in total. The summed E-state index contributed by atoms with van der Waals surface area (Å²) in [6, 6.07) is 8.38. The summed E-state index contributed by atoms with van der Waals surface area (Å²) in [7, 11) is 1.82. The Kier molecular flexibility index (Phi) is 4.71. The Balaban J connectivity index is 1.83. The summed E-state index contributed by atoms with van der Waals surface area (Å²) in [4.78, 5) is 25.5. The molecular formula is C16H18ClN5O2. The summed E-state index contributed by atoms with van der Waals surface area (Å²) in [5, 5.41) is 10.7. The molecule has 1 unspecified atom stereocenters. The molecular weight excluding hydrogens is 330 g/mol. The van der Waals surface area contributed by atoms with Gasteiger partial charge in [-0.2, -0.15) is 5.10 Å². The second-order valence-electron chi connectivity index (χ2n) is 5.62. The van der Waals surface area contributed by atoms with Crippen LogP contribution in [-0.4, -0.2) is 46.3 Å². The monoisotopic (exact) mass is 347 g/mol. The number of benzene rings is 1. The standard InChI is InChI=1S/C16H18ClN5O2/c1-21-8-6-13(20-21)15(11-2-4-12(17)5-3-11)19-16(24)22-9-7-18-14(23)10-22/h2-6,8,15H,7,9-10H2,1H3,(H,18,23)(H,19,24). The Hall–Kier alpha value is -2.54. The second kappa shape index (κ2) is 6.92. The van der Waals surface area contributed by atoms with E-state index in [9.17, 15) is 9.59 Å². The fourth-order valence-electron chi connectivity index (χ4n) is 2.60. The predicted octanol–water partition coefficient (Wildman–Crippen LogP) is 1.30. The molecule has 1 atom stereocenters. The van der Waals surface area contributed by atoms with Crippen LogP contribution in [0.1, 0.15) is 17.3 Å². The molecule has 24 heavy (non-hydrogen) atoms. The minimum absolute atomic E-state index is 0.0569. The van der Waals surface area contributed by atoms with Gasteiger partial charge in [0.2, 0.25) is 5.91 Å². The van der Waals surface area contributed by atoms with Crippen molar-refractivity contribution in [3.8, 4) is 0 Å². The van der Waals surface area contributed by atoms with Crippen molar-refractivity contribution in [1.29, 1.82) is 0 Å². The lowest BCUT2D eigenvalue weighted by Crippen LogP contribution is -2.53. The molecule has 2 N–H and O–H groups in total. The number of carbonyl (C=O) groups is 2. The largest absolute Gasteiger partial charge is 0.353 e. The zero-order chi connectivity index (χ0) is 17.1. The van der Waals surface area contributed by atoms with Gasteiger partial charge in [0.25, 0.3) is 0 Å². The van der Waals surface area contributed by atoms with Crippen LogP contribution in [0, 0.1) is 0 Å². The van der Waals surface area contributed by atoms with E-state index in [4.69, 9.17) is 11.6 Å². The van der Waals surface area contributed by atoms with Crippen LogP contribution < -0.4 is 10.6 Å². The van der Waals surface area contributed by atoms with Crippen molar-refractivity contribution in [2.24, 2.45) is 7.05 Å². The second-order valence-corrected chi connectivity index (χ2v) is 6.06. The molecule has 1 aromatic carbocycles. The molecule has 0 aliphatic carbocycles. The zero-order valence-electron chi connectivity index (χ0n) is 13.2. The molecule has 2 aromatic rings. The first-order chi connectivity index (χ1) is 11.5. The van der Waals surface area contributed by atoms with Crippen molar-refractivity contribution in [2.75, 3.05) is 19.6 Å². The van der Waals surface area contributed by atoms with Gasteiger partial charge in [0.15, 0.2) is 0 Å². The van der Waals surface area contributed by atoms with Gasteiger partial charge in [-0.15, -0.1) is 0 Å². The molecule has 1 aromatic heterocycles. The maximum absolute atomic E-state index is 12.5. The number of urea groups is 1. The average Bonchev–Trinajstić information content (AvgIpc) is 2.99. The van der Waals surface area contributed by atoms with E-state index in [0.29, 0.717) is 18.1 Å². The minimum Gasteiger partial charge on any atom is -0.353 e. The van der Waals surface area contributed by atoms with E-state index < -0.39 is 6.04 Å². The van der Waals surface area contributed by atoms with Gasteiger partial charge in [-0.25, -0.2) is 4.79 Å². The Bertz CT molecular complexity index is 743. The highest BCUT2D eigenvalue weighted by molar-refractivity contribution is 6.30. The van der Waals surface area contributed by atoms with E-state index in [1.54, 1.807) is 16.8 Å². The van der Waals surface area contributed by atoms with Crippen LogP contribution in [-0.2, 0) is 11.8 Å². The summed E-state index contributed by atoms with van der Waals surface area (Å²) >= 11 is 5.95. The highest BCUT2D eigenvalue weighted by Crippen LogP contribution is 2.22. The third-order valence-electron chi connectivity index (χ3n) is 3.83. The first kappa shape index (κ1) is 16.3. The highest BCUT2D eigenvalue weighted by Gasteiger charge is 2.25. The van der Waals surface area contributed by atoms with E-state index in [1.165, 1.54) is 4.90 Å². The third kappa shape index (κ3) is 3.68. The fourth-order valence-corrected chi connectivity index (χ4v) is 2.72. The fraction of sp³-hybridized carbons (Fsp3) is 0.312. The minimum atomic E-state index is -0.416. The summed E-state index contributed by atoms with van der Waals surface area (Å²) in [6.45, 7) is 0.996. The van der Waals surface area contributed by atoms with Crippen LogP contribution in [0.4, 0.5) is 4.79 Å². The third-order valence-corrected chi connectivity index (χ3v) is 4.08. The van der Waals surface area contributed by atoms with Crippen LogP contribution in [0.3, 0.4) is 0 Å². The van der Waals surface area contributed by atoms with Gasteiger partial charge < -0.3 is 15.5 Å². The number of hydrogen-bond acceptors (Lipinski definition) is 3. The lowest BCUT2D eigenvalue weighted by molar-refractivity contribution is -0.123. The van der Waals surface area contributed by atoms with Crippen molar-refractivity contribution >= 4 is 23.5 Å². The molecule has 1 saturated heterocycles. The Morgan fingerprint density at radius 2 is 2.08 bits per heavy atom. The highest BCUT2D eigenvalue weighted by atomic mass is 35.5. The lowest BCUT2D eigenvalue weighted by atomic mass is 10.0. The molecule has 0 spiro atoms. The number of piperazine rings is 1. The predicted molar refractivity (Wildman–Crippen MR) is 89.6 cm³/mol. The molecule has 8 heteroatoms. The van der Waals surface area contributed by atoms with Gasteiger partial charge >= 0.3 is 6.03 Å². The number of rotatable bonds is 3. The Labute approximate surface area is 144 Å². The summed E-state index contributed by atoms with van der Waals surface area (Å²) in [5.74, 6) is -0.155.